The Labute approximate surface area is 540 Å². The first-order valence-corrected chi connectivity index (χ1v) is 31.3. The number of aliphatic imine (C=N–C) groups is 4. The number of amidine groups is 1. The lowest BCUT2D eigenvalue weighted by Crippen LogP contribution is -2.29. The van der Waals surface area contributed by atoms with Gasteiger partial charge in [0.05, 0.1) is 108 Å². The fourth-order valence-corrected chi connectivity index (χ4v) is 8.53. The molecule has 0 bridgehead atoms. The SMILES string of the molecule is C=C/C(=C\N=C(OCCOCCN=C/C(COCCOCCOCCOCCNC(=O)CCCNC(=O)c1ccc(NCC(\C=C\CCC)=N/C(=C(O)/N=C(\C)N)C(/C)=C/CCC)cc1)=N\N)C(C)CC)c1ccc2nc(C)n(Cc3ccccc3OC(F)F)c2c1. The number of hydrazone groups is 1. The van der Waals surface area contributed by atoms with Crippen LogP contribution in [0.4, 0.5) is 14.5 Å². The van der Waals surface area contributed by atoms with Crippen LogP contribution < -0.4 is 32.3 Å². The molecular weight excluding hydrogens is 1180 g/mol. The maximum absolute atomic E-state index is 13.1. The molecule has 0 aliphatic heterocycles. The molecule has 3 aromatic carbocycles. The number of halogens is 2. The summed E-state index contributed by atoms with van der Waals surface area (Å²) < 4.78 is 67.2. The summed E-state index contributed by atoms with van der Waals surface area (Å²) in [5, 5.41) is 23.6. The lowest BCUT2D eigenvalue weighted by Gasteiger charge is -2.14. The number of nitrogens with zero attached hydrogens (tertiary/aromatic N) is 7. The second-order valence-electron chi connectivity index (χ2n) is 21.0. The molecule has 0 aliphatic rings. The van der Waals surface area contributed by atoms with E-state index >= 15 is 0 Å². The van der Waals surface area contributed by atoms with Crippen LogP contribution >= 0.6 is 0 Å². The van der Waals surface area contributed by atoms with E-state index < -0.39 is 6.61 Å². The summed E-state index contributed by atoms with van der Waals surface area (Å²) in [5.41, 5.74) is 13.1. The van der Waals surface area contributed by atoms with Crippen LogP contribution in [0.3, 0.4) is 0 Å². The van der Waals surface area contributed by atoms with E-state index in [1.807, 2.05) is 73.9 Å². The molecule has 1 heterocycles. The van der Waals surface area contributed by atoms with Crippen LogP contribution in [-0.4, -0.2) is 161 Å². The summed E-state index contributed by atoms with van der Waals surface area (Å²) in [6, 6.07) is 19.7. The number of allylic oxidation sites excluding steroid dienone is 5. The Kier molecular flexibility index (Phi) is 37.1. The van der Waals surface area contributed by atoms with Gasteiger partial charge in [-0.05, 0) is 112 Å². The average molecular weight is 1280 g/mol. The van der Waals surface area contributed by atoms with E-state index in [0.717, 1.165) is 71.4 Å². The Morgan fingerprint density at radius 3 is 2.20 bits per heavy atom. The Morgan fingerprint density at radius 2 is 1.51 bits per heavy atom. The van der Waals surface area contributed by atoms with Gasteiger partial charge in [0.1, 0.15) is 29.6 Å². The molecule has 92 heavy (non-hydrogen) atoms. The zero-order chi connectivity index (χ0) is 66.7. The first-order chi connectivity index (χ1) is 44.6. The van der Waals surface area contributed by atoms with Gasteiger partial charge in [-0.1, -0.05) is 89.6 Å². The molecule has 24 heteroatoms. The van der Waals surface area contributed by atoms with Gasteiger partial charge in [-0.3, -0.25) is 14.6 Å². The minimum absolute atomic E-state index is 0.0398. The summed E-state index contributed by atoms with van der Waals surface area (Å²) >= 11 is 0. The van der Waals surface area contributed by atoms with E-state index in [0.29, 0.717) is 133 Å². The molecule has 22 nitrogen and oxygen atoms in total. The summed E-state index contributed by atoms with van der Waals surface area (Å²) in [6.07, 6.45) is 16.1. The summed E-state index contributed by atoms with van der Waals surface area (Å²) in [4.78, 5) is 47.8. The maximum Gasteiger partial charge on any atom is 0.387 e. The Hall–Kier alpha value is -8.42. The number of ether oxygens (including phenoxy) is 7. The number of hydrogen-bond acceptors (Lipinski definition) is 18. The fourth-order valence-electron chi connectivity index (χ4n) is 8.53. The highest BCUT2D eigenvalue weighted by molar-refractivity contribution is 6.31. The summed E-state index contributed by atoms with van der Waals surface area (Å²) in [6.45, 7) is 20.0. The smallest absolute Gasteiger partial charge is 0.387 e. The number of aromatic nitrogens is 2. The van der Waals surface area contributed by atoms with Gasteiger partial charge in [0, 0.05) is 54.7 Å². The summed E-state index contributed by atoms with van der Waals surface area (Å²) in [5.74, 6) is 6.60. The first kappa shape index (κ1) is 76.0. The molecule has 2 amide bonds. The van der Waals surface area contributed by atoms with Gasteiger partial charge in [-0.15, -0.1) is 0 Å². The number of amides is 2. The monoisotopic (exact) mass is 1280 g/mol. The molecule has 0 radical (unpaired) electrons. The second kappa shape index (κ2) is 44.9. The number of hydrogen-bond donors (Lipinski definition) is 6. The lowest BCUT2D eigenvalue weighted by atomic mass is 10.1. The number of aliphatic hydroxyl groups is 1. The van der Waals surface area contributed by atoms with E-state index in [1.54, 1.807) is 55.7 Å². The number of anilines is 1. The van der Waals surface area contributed by atoms with Crippen LogP contribution in [0.2, 0.25) is 0 Å². The minimum atomic E-state index is -2.93. The Balaban J connectivity index is 1.01. The molecule has 0 fully saturated rings. The number of aryl methyl sites for hydroxylation is 1. The number of aliphatic hydroxyl groups excluding tert-OH is 1. The Morgan fingerprint density at radius 1 is 0.826 bits per heavy atom. The van der Waals surface area contributed by atoms with Crippen molar-refractivity contribution in [2.75, 3.05) is 104 Å². The summed E-state index contributed by atoms with van der Waals surface area (Å²) in [7, 11) is 0. The quantitative estimate of drug-likeness (QED) is 0.00456. The van der Waals surface area contributed by atoms with Crippen LogP contribution in [0.25, 0.3) is 16.6 Å². The molecule has 1 atom stereocenters. The van der Waals surface area contributed by atoms with Gasteiger partial charge in [-0.25, -0.2) is 15.0 Å². The Bertz CT molecular complexity index is 3170. The number of rotatable bonds is 46. The molecular formula is C68H96F2N12O10. The molecule has 0 aliphatic carbocycles. The number of alkyl halides is 2. The van der Waals surface area contributed by atoms with Crippen LogP contribution in [0.15, 0.2) is 146 Å². The predicted molar refractivity (Wildman–Crippen MR) is 363 cm³/mol. The topological polar surface area (TPSA) is 287 Å². The average Bonchev–Trinajstić information content (AvgIpc) is 1.69. The van der Waals surface area contributed by atoms with Crippen molar-refractivity contribution < 1.29 is 56.6 Å². The van der Waals surface area contributed by atoms with Gasteiger partial charge in [-0.2, -0.15) is 18.9 Å². The zero-order valence-electron chi connectivity index (χ0n) is 54.6. The number of nitrogens with two attached hydrogens (primary N) is 2. The number of carbonyl (C=O) groups excluding carboxylic acids is 2. The van der Waals surface area contributed by atoms with E-state index in [4.69, 9.17) is 59.7 Å². The number of para-hydroxylation sites is 1. The third-order valence-electron chi connectivity index (χ3n) is 13.7. The molecule has 4 aromatic rings. The third-order valence-corrected chi connectivity index (χ3v) is 13.7. The standard InChI is InChI=1S/C68H96F2N12O10/c1-9-13-15-21-58(80-64(50(6)19-14-10-2)66(85)78-51(7)71)46-76-57-27-24-54(25-28-57)65(84)75-30-18-23-63(83)74-32-34-87-35-36-88-37-38-89-39-40-90-48-59(81-72)45-73-31-33-86-41-42-91-67(49(5)11-3)77-44-53(12-4)55-26-29-60-61(43-55)82(52(8)79-60)47-56-20-16-17-22-62(56)92-68(69)70/h12,15-17,19-22,24-29,43-45,49,68,76,85H,4,9-11,13-14,18,23,30-42,46-48,72H2,1-3,5-8H3,(H2,71,78)(H,74,83)(H,75,84)/b21-15+,50-19+,53-44+,66-64-,73-45?,77-67?,80-58-,81-59+. The van der Waals surface area contributed by atoms with E-state index in [1.165, 1.54) is 6.07 Å². The van der Waals surface area contributed by atoms with Crippen molar-refractivity contribution >= 4 is 63.5 Å². The molecule has 0 saturated heterocycles. The normalized spacial score (nSPS) is 13.5. The number of imidazole rings is 1. The highest BCUT2D eigenvalue weighted by Crippen LogP contribution is 2.28. The molecule has 0 spiro atoms. The van der Waals surface area contributed by atoms with Crippen molar-refractivity contribution in [1.29, 1.82) is 0 Å². The van der Waals surface area contributed by atoms with Gasteiger partial charge < -0.3 is 70.4 Å². The van der Waals surface area contributed by atoms with Crippen LogP contribution in [0.5, 0.6) is 5.75 Å². The van der Waals surface area contributed by atoms with Crippen molar-refractivity contribution in [3.05, 3.63) is 143 Å². The van der Waals surface area contributed by atoms with Gasteiger partial charge in [0.2, 0.25) is 11.8 Å². The van der Waals surface area contributed by atoms with Crippen LogP contribution in [0, 0.1) is 12.8 Å². The van der Waals surface area contributed by atoms with Crippen molar-refractivity contribution in [3.63, 3.8) is 0 Å². The van der Waals surface area contributed by atoms with Crippen molar-refractivity contribution in [3.8, 4) is 5.75 Å². The highest BCUT2D eigenvalue weighted by Gasteiger charge is 2.16. The van der Waals surface area contributed by atoms with E-state index in [2.05, 4.69) is 58.4 Å². The van der Waals surface area contributed by atoms with Gasteiger partial charge >= 0.3 is 6.61 Å². The molecule has 1 aromatic heterocycles. The van der Waals surface area contributed by atoms with Crippen molar-refractivity contribution in [2.24, 2.45) is 42.6 Å². The maximum atomic E-state index is 13.1. The molecule has 8 N–H and O–H groups in total. The third kappa shape index (κ3) is 29.7. The fraction of sp³-hybridized carbons (Fsp3) is 0.471. The number of nitrogens with one attached hydrogen (secondary N) is 3. The van der Waals surface area contributed by atoms with Crippen molar-refractivity contribution in [2.45, 2.75) is 107 Å². The van der Waals surface area contributed by atoms with Crippen molar-refractivity contribution in [1.82, 2.24) is 20.2 Å². The van der Waals surface area contributed by atoms with Crippen LogP contribution in [0.1, 0.15) is 114 Å². The number of benzene rings is 3. The zero-order valence-corrected chi connectivity index (χ0v) is 54.6. The molecule has 1 unspecified atom stereocenters. The van der Waals surface area contributed by atoms with E-state index in [-0.39, 0.29) is 54.8 Å². The number of unbranched alkanes of at least 4 members (excludes halogenated alkanes) is 2. The molecule has 0 saturated carbocycles. The number of fused-ring (bicyclic) bond motifs is 1. The minimum Gasteiger partial charge on any atom is -0.492 e. The molecule has 502 valence electrons. The second-order valence-corrected chi connectivity index (χ2v) is 21.0. The predicted octanol–water partition coefficient (Wildman–Crippen LogP) is 10.8. The van der Waals surface area contributed by atoms with Crippen LogP contribution in [-0.2, 0) is 39.8 Å². The highest BCUT2D eigenvalue weighted by atomic mass is 19.3. The lowest BCUT2D eigenvalue weighted by molar-refractivity contribution is -0.121. The largest absolute Gasteiger partial charge is 0.492 e. The first-order valence-electron chi connectivity index (χ1n) is 31.3. The van der Waals surface area contributed by atoms with Gasteiger partial charge in [0.15, 0.2) is 5.90 Å². The van der Waals surface area contributed by atoms with Gasteiger partial charge in [0.25, 0.3) is 5.91 Å². The van der Waals surface area contributed by atoms with E-state index in [9.17, 15) is 23.5 Å². The number of carbonyl (C=O) groups is 2. The molecule has 4 rings (SSSR count).